The third kappa shape index (κ3) is 8.62. The molecule has 0 aliphatic carbocycles. The van der Waals surface area contributed by atoms with Crippen LogP contribution in [0.25, 0.3) is 0 Å². The van der Waals surface area contributed by atoms with Gasteiger partial charge in [-0.15, -0.1) is 0 Å². The summed E-state index contributed by atoms with van der Waals surface area (Å²) < 4.78 is 44.7. The molecule has 5 aliphatic heterocycles. The Morgan fingerprint density at radius 2 is 1.74 bits per heavy atom. The van der Waals surface area contributed by atoms with Crippen molar-refractivity contribution < 1.29 is 63.2 Å². The number of hydrogen-bond donors (Lipinski definition) is 5. The number of carboxylic acid groups (broad SMARTS) is 1. The normalized spacial score (nSPS) is 45.6. The number of nitrogens with one attached hydrogen (secondary N) is 1. The van der Waals surface area contributed by atoms with Gasteiger partial charge in [-0.3, -0.25) is 4.79 Å². The van der Waals surface area contributed by atoms with Crippen LogP contribution in [0.4, 0.5) is 4.79 Å². The fourth-order valence-electron chi connectivity index (χ4n) is 10.2. The van der Waals surface area contributed by atoms with Gasteiger partial charge in [0.25, 0.3) is 0 Å². The fraction of sp³-hybridized carbons (Fsp3) is 0.950. The van der Waals surface area contributed by atoms with Gasteiger partial charge < -0.3 is 58.9 Å². The maximum atomic E-state index is 12.3. The van der Waals surface area contributed by atoms with E-state index in [2.05, 4.69) is 19.2 Å². The largest absolute Gasteiger partial charge is 0.481 e. The molecule has 0 bridgehead atoms. The zero-order valence-corrected chi connectivity index (χ0v) is 34.0. The maximum absolute atomic E-state index is 12.3. The predicted octanol–water partition coefficient (Wildman–Crippen LogP) is 4.39. The monoisotopic (exact) mass is 771 g/mol. The molecular formula is C40H69NO13. The highest BCUT2D eigenvalue weighted by molar-refractivity contribution is 5.70. The Morgan fingerprint density at radius 3 is 2.39 bits per heavy atom. The lowest BCUT2D eigenvalue weighted by atomic mass is 9.78. The highest BCUT2D eigenvalue weighted by Crippen LogP contribution is 2.54. The van der Waals surface area contributed by atoms with E-state index in [1.54, 1.807) is 6.92 Å². The molecule has 17 atom stereocenters. The molecule has 0 unspecified atom stereocenters. The SMILES string of the molecule is CCCCNC(=O)OC[C@]1(O)O[C@H]([C@H]2C[C@H](C)[C@H]([C@]3(CO)CC[C@H]([C@]4(C)CC[C@]5(C[C@H](O)[C@@H](C)[C@@H]([C@@H](C)[C@@H](OC)[C@H](C)C(=O)O)O5)O4)O3)O2)[C@@H](C)C[C@H]1C. The Labute approximate surface area is 321 Å². The van der Waals surface area contributed by atoms with Crippen LogP contribution in [0.3, 0.4) is 0 Å². The van der Waals surface area contributed by atoms with Crippen LogP contribution in [0.2, 0.25) is 0 Å². The van der Waals surface area contributed by atoms with Crippen molar-refractivity contribution in [2.24, 2.45) is 35.5 Å². The summed E-state index contributed by atoms with van der Waals surface area (Å²) in [6, 6.07) is 0. The summed E-state index contributed by atoms with van der Waals surface area (Å²) in [5, 5.41) is 46.3. The second-order valence-electron chi connectivity index (χ2n) is 17.8. The molecule has 5 aliphatic rings. The Bertz CT molecular complexity index is 1290. The van der Waals surface area contributed by atoms with E-state index in [0.29, 0.717) is 45.1 Å². The van der Waals surface area contributed by atoms with Crippen LogP contribution in [-0.2, 0) is 38.0 Å². The van der Waals surface area contributed by atoms with E-state index in [4.69, 9.17) is 33.2 Å². The van der Waals surface area contributed by atoms with Gasteiger partial charge in [-0.1, -0.05) is 48.0 Å². The first-order chi connectivity index (χ1) is 25.4. The van der Waals surface area contributed by atoms with E-state index in [0.717, 1.165) is 12.8 Å². The molecule has 54 heavy (non-hydrogen) atoms. The highest BCUT2D eigenvalue weighted by Gasteiger charge is 2.62. The molecule has 0 radical (unpaired) electrons. The van der Waals surface area contributed by atoms with Gasteiger partial charge in [0, 0.05) is 44.2 Å². The molecule has 14 heteroatoms. The highest BCUT2D eigenvalue weighted by atomic mass is 16.7. The lowest BCUT2D eigenvalue weighted by molar-refractivity contribution is -0.336. The molecule has 14 nitrogen and oxygen atoms in total. The zero-order chi connectivity index (χ0) is 39.8. The number of ether oxygens (including phenoxy) is 7. The third-order valence-electron chi connectivity index (χ3n) is 13.7. The number of alkyl carbamates (subject to hydrolysis) is 1. The standard InChI is InChI=1S/C40H69NO13/c1-10-11-16-41-36(46)49-21-40(47)24(4)17-22(2)31(53-40)29-18-23(3)34(50-29)38(20-42)13-12-30(51-38)37(8)14-15-39(54-37)19-28(43)25(5)33(52-39)26(6)32(48-9)27(7)35(44)45/h22-34,42-43,47H,10-21H2,1-9H3,(H,41,46)(H,44,45)/t22-,23-,24+,25+,26-,27-,28-,29+,30+,31-,32+,33-,34+,37-,38+,39+,40-/m0/s1. The van der Waals surface area contributed by atoms with Crippen LogP contribution in [-0.4, -0.2) is 125 Å². The number of carbonyl (C=O) groups is 2. The van der Waals surface area contributed by atoms with Gasteiger partial charge in [0.05, 0.1) is 60.9 Å². The van der Waals surface area contributed by atoms with Gasteiger partial charge in [-0.25, -0.2) is 4.79 Å². The molecule has 5 saturated heterocycles. The molecule has 5 fully saturated rings. The summed E-state index contributed by atoms with van der Waals surface area (Å²) in [5.74, 6) is -5.28. The van der Waals surface area contributed by atoms with Crippen molar-refractivity contribution in [3.8, 4) is 0 Å². The number of aliphatic carboxylic acids is 1. The molecule has 5 N–H and O–H groups in total. The van der Waals surface area contributed by atoms with Crippen molar-refractivity contribution in [1.29, 1.82) is 0 Å². The van der Waals surface area contributed by atoms with Crippen molar-refractivity contribution in [3.63, 3.8) is 0 Å². The number of aliphatic hydroxyl groups excluding tert-OH is 2. The summed E-state index contributed by atoms with van der Waals surface area (Å²) >= 11 is 0. The van der Waals surface area contributed by atoms with Crippen molar-refractivity contribution in [3.05, 3.63) is 0 Å². The van der Waals surface area contributed by atoms with Crippen LogP contribution in [0, 0.1) is 35.5 Å². The Balaban J connectivity index is 1.25. The van der Waals surface area contributed by atoms with Gasteiger partial charge in [-0.05, 0) is 64.2 Å². The topological polar surface area (TPSA) is 192 Å². The molecule has 5 heterocycles. The summed E-state index contributed by atoms with van der Waals surface area (Å²) in [6.45, 7) is 15.5. The summed E-state index contributed by atoms with van der Waals surface area (Å²) in [7, 11) is 1.50. The molecule has 0 aromatic carbocycles. The van der Waals surface area contributed by atoms with Crippen LogP contribution in [0.5, 0.6) is 0 Å². The van der Waals surface area contributed by atoms with Crippen molar-refractivity contribution in [2.45, 2.75) is 179 Å². The number of hydrogen-bond acceptors (Lipinski definition) is 12. The molecular weight excluding hydrogens is 702 g/mol. The zero-order valence-electron chi connectivity index (χ0n) is 34.0. The number of carbonyl (C=O) groups excluding carboxylic acids is 1. The first kappa shape index (κ1) is 43.5. The van der Waals surface area contributed by atoms with E-state index < -0.39 is 71.3 Å². The number of aliphatic hydroxyl groups is 3. The minimum Gasteiger partial charge on any atom is -0.481 e. The van der Waals surface area contributed by atoms with Crippen LogP contribution in [0.15, 0.2) is 0 Å². The molecule has 1 spiro atoms. The molecule has 5 rings (SSSR count). The number of methoxy groups -OCH3 is 1. The molecule has 0 saturated carbocycles. The quantitative estimate of drug-likeness (QED) is 0.157. The molecule has 1 amide bonds. The molecule has 0 aromatic heterocycles. The number of carboxylic acids is 1. The Kier molecular flexibility index (Phi) is 13.8. The number of rotatable bonds is 14. The first-order valence-corrected chi connectivity index (χ1v) is 20.4. The Hall–Kier alpha value is -1.62. The second kappa shape index (κ2) is 17.1. The average Bonchev–Trinajstić information content (AvgIpc) is 3.84. The molecule has 312 valence electrons. The van der Waals surface area contributed by atoms with E-state index in [9.17, 15) is 30.0 Å². The van der Waals surface area contributed by atoms with Gasteiger partial charge in [-0.2, -0.15) is 0 Å². The average molecular weight is 772 g/mol. The lowest BCUT2D eigenvalue weighted by Gasteiger charge is -2.48. The summed E-state index contributed by atoms with van der Waals surface area (Å²) in [6.07, 6.45) is 1.54. The third-order valence-corrected chi connectivity index (χ3v) is 13.7. The number of unbranched alkanes of at least 4 members (excludes halogenated alkanes) is 1. The van der Waals surface area contributed by atoms with E-state index >= 15 is 0 Å². The van der Waals surface area contributed by atoms with Crippen LogP contribution in [0.1, 0.15) is 113 Å². The number of amides is 1. The van der Waals surface area contributed by atoms with Crippen LogP contribution < -0.4 is 5.32 Å². The van der Waals surface area contributed by atoms with Gasteiger partial charge in [0.1, 0.15) is 12.2 Å². The first-order valence-electron chi connectivity index (χ1n) is 20.4. The predicted molar refractivity (Wildman–Crippen MR) is 196 cm³/mol. The minimum atomic E-state index is -1.67. The molecule has 0 aromatic rings. The van der Waals surface area contributed by atoms with Gasteiger partial charge in [0.2, 0.25) is 5.79 Å². The Morgan fingerprint density at radius 1 is 1.02 bits per heavy atom. The fourth-order valence-corrected chi connectivity index (χ4v) is 10.2. The van der Waals surface area contributed by atoms with Crippen molar-refractivity contribution in [2.75, 3.05) is 26.9 Å². The smallest absolute Gasteiger partial charge is 0.407 e. The van der Waals surface area contributed by atoms with Gasteiger partial charge >= 0.3 is 12.1 Å². The summed E-state index contributed by atoms with van der Waals surface area (Å²) in [5.41, 5.74) is -1.77. The lowest BCUT2D eigenvalue weighted by Crippen LogP contribution is -2.57. The van der Waals surface area contributed by atoms with Crippen molar-refractivity contribution in [1.82, 2.24) is 5.32 Å². The van der Waals surface area contributed by atoms with Crippen molar-refractivity contribution >= 4 is 12.1 Å². The minimum absolute atomic E-state index is 0.0101. The second-order valence-corrected chi connectivity index (χ2v) is 17.8. The summed E-state index contributed by atoms with van der Waals surface area (Å²) in [4.78, 5) is 24.1. The van der Waals surface area contributed by atoms with Gasteiger partial charge in [0.15, 0.2) is 5.79 Å². The van der Waals surface area contributed by atoms with E-state index in [1.807, 2.05) is 34.6 Å². The van der Waals surface area contributed by atoms with E-state index in [-0.39, 0.29) is 61.4 Å². The maximum Gasteiger partial charge on any atom is 0.407 e. The van der Waals surface area contributed by atoms with E-state index in [1.165, 1.54) is 7.11 Å². The van der Waals surface area contributed by atoms with Crippen LogP contribution >= 0.6 is 0 Å².